The lowest BCUT2D eigenvalue weighted by Crippen LogP contribution is -1.91. The maximum Gasteiger partial charge on any atom is 0.0684 e. The standard InChI is InChI=1S/C9H11ClO/c1-2-7-5-9(10)4-3-8(7)6-11/h3-5,11H,2,6H2,1H3. The van der Waals surface area contributed by atoms with E-state index in [0.29, 0.717) is 0 Å². The summed E-state index contributed by atoms with van der Waals surface area (Å²) < 4.78 is 0. The first-order valence-corrected chi connectivity index (χ1v) is 4.04. The Morgan fingerprint density at radius 1 is 1.36 bits per heavy atom. The van der Waals surface area contributed by atoms with Gasteiger partial charge in [0.15, 0.2) is 0 Å². The summed E-state index contributed by atoms with van der Waals surface area (Å²) in [6, 6.07) is 5.56. The van der Waals surface area contributed by atoms with Gasteiger partial charge < -0.3 is 5.11 Å². The van der Waals surface area contributed by atoms with Crippen LogP contribution in [0.5, 0.6) is 0 Å². The summed E-state index contributed by atoms with van der Waals surface area (Å²) in [5.41, 5.74) is 2.09. The number of aliphatic hydroxyl groups excluding tert-OH is 1. The van der Waals surface area contributed by atoms with Gasteiger partial charge in [0.25, 0.3) is 0 Å². The minimum atomic E-state index is 0.0976. The highest BCUT2D eigenvalue weighted by atomic mass is 35.5. The number of hydrogen-bond acceptors (Lipinski definition) is 1. The normalized spacial score (nSPS) is 10.1. The van der Waals surface area contributed by atoms with Gasteiger partial charge in [-0.05, 0) is 29.7 Å². The molecule has 0 amide bonds. The lowest BCUT2D eigenvalue weighted by Gasteiger charge is -2.03. The molecule has 11 heavy (non-hydrogen) atoms. The molecule has 1 aromatic rings. The molecule has 1 rings (SSSR count). The Morgan fingerprint density at radius 2 is 2.09 bits per heavy atom. The van der Waals surface area contributed by atoms with Gasteiger partial charge in [-0.2, -0.15) is 0 Å². The molecule has 1 nitrogen and oxygen atoms in total. The van der Waals surface area contributed by atoms with E-state index in [4.69, 9.17) is 16.7 Å². The molecule has 0 aliphatic rings. The SMILES string of the molecule is CCc1cc(Cl)ccc1CO. The van der Waals surface area contributed by atoms with Gasteiger partial charge in [-0.3, -0.25) is 0 Å². The summed E-state index contributed by atoms with van der Waals surface area (Å²) in [6.45, 7) is 2.14. The molecule has 2 heteroatoms. The van der Waals surface area contributed by atoms with Crippen molar-refractivity contribution in [1.82, 2.24) is 0 Å². The van der Waals surface area contributed by atoms with Crippen LogP contribution in [0, 0.1) is 0 Å². The summed E-state index contributed by atoms with van der Waals surface area (Å²) >= 11 is 5.77. The zero-order chi connectivity index (χ0) is 8.27. The van der Waals surface area contributed by atoms with Crippen LogP contribution in [-0.2, 0) is 13.0 Å². The van der Waals surface area contributed by atoms with Crippen molar-refractivity contribution in [2.45, 2.75) is 20.0 Å². The highest BCUT2D eigenvalue weighted by Crippen LogP contribution is 2.16. The van der Waals surface area contributed by atoms with Gasteiger partial charge in [0.2, 0.25) is 0 Å². The van der Waals surface area contributed by atoms with Crippen LogP contribution in [0.4, 0.5) is 0 Å². The Bertz CT molecular complexity index is 245. The van der Waals surface area contributed by atoms with Crippen LogP contribution in [0.1, 0.15) is 18.1 Å². The Morgan fingerprint density at radius 3 is 2.64 bits per heavy atom. The third-order valence-corrected chi connectivity index (χ3v) is 1.95. The van der Waals surface area contributed by atoms with E-state index in [0.717, 1.165) is 22.6 Å². The minimum Gasteiger partial charge on any atom is -0.392 e. The third kappa shape index (κ3) is 1.95. The molecule has 0 heterocycles. The number of aryl methyl sites for hydroxylation is 1. The first-order valence-electron chi connectivity index (χ1n) is 3.66. The van der Waals surface area contributed by atoms with Crippen molar-refractivity contribution in [3.8, 4) is 0 Å². The van der Waals surface area contributed by atoms with Gasteiger partial charge in [0, 0.05) is 5.02 Å². The highest BCUT2D eigenvalue weighted by Gasteiger charge is 1.98. The predicted octanol–water partition coefficient (Wildman–Crippen LogP) is 2.39. The van der Waals surface area contributed by atoms with Crippen molar-refractivity contribution in [3.05, 3.63) is 34.3 Å². The summed E-state index contributed by atoms with van der Waals surface area (Å²) in [5, 5.41) is 9.63. The first kappa shape index (κ1) is 8.57. The smallest absolute Gasteiger partial charge is 0.0684 e. The van der Waals surface area contributed by atoms with Gasteiger partial charge in [-0.1, -0.05) is 24.6 Å². The number of aliphatic hydroxyl groups is 1. The minimum absolute atomic E-state index is 0.0976. The van der Waals surface area contributed by atoms with Gasteiger partial charge in [-0.25, -0.2) is 0 Å². The summed E-state index contributed by atoms with van der Waals surface area (Å²) in [4.78, 5) is 0. The van der Waals surface area contributed by atoms with Gasteiger partial charge in [0.1, 0.15) is 0 Å². The second kappa shape index (κ2) is 3.74. The van der Waals surface area contributed by atoms with E-state index in [2.05, 4.69) is 0 Å². The highest BCUT2D eigenvalue weighted by molar-refractivity contribution is 6.30. The molecule has 0 aliphatic carbocycles. The van der Waals surface area contributed by atoms with Crippen LogP contribution in [0.15, 0.2) is 18.2 Å². The fraction of sp³-hybridized carbons (Fsp3) is 0.333. The summed E-state index contributed by atoms with van der Waals surface area (Å²) in [5.74, 6) is 0. The molecule has 1 aromatic carbocycles. The fourth-order valence-corrected chi connectivity index (χ4v) is 1.27. The molecular weight excluding hydrogens is 160 g/mol. The summed E-state index contributed by atoms with van der Waals surface area (Å²) in [6.07, 6.45) is 0.913. The molecule has 0 aliphatic heterocycles. The lowest BCUT2D eigenvalue weighted by atomic mass is 10.1. The molecule has 0 atom stereocenters. The van der Waals surface area contributed by atoms with Crippen LogP contribution in [0.25, 0.3) is 0 Å². The van der Waals surface area contributed by atoms with E-state index in [9.17, 15) is 0 Å². The lowest BCUT2D eigenvalue weighted by molar-refractivity contribution is 0.280. The second-order valence-corrected chi connectivity index (χ2v) is 2.86. The molecule has 0 spiro atoms. The number of benzene rings is 1. The van der Waals surface area contributed by atoms with Crippen molar-refractivity contribution in [2.24, 2.45) is 0 Å². The molecule has 0 saturated heterocycles. The monoisotopic (exact) mass is 170 g/mol. The fourth-order valence-electron chi connectivity index (χ4n) is 1.08. The molecule has 0 saturated carbocycles. The number of halogens is 1. The van der Waals surface area contributed by atoms with Crippen molar-refractivity contribution in [3.63, 3.8) is 0 Å². The molecule has 0 fully saturated rings. The molecule has 0 radical (unpaired) electrons. The van der Waals surface area contributed by atoms with Crippen LogP contribution >= 0.6 is 11.6 Å². The summed E-state index contributed by atoms with van der Waals surface area (Å²) in [7, 11) is 0. The van der Waals surface area contributed by atoms with Crippen LogP contribution in [0.2, 0.25) is 5.02 Å². The number of rotatable bonds is 2. The van der Waals surface area contributed by atoms with Crippen molar-refractivity contribution >= 4 is 11.6 Å². The first-order chi connectivity index (χ1) is 5.27. The Hall–Kier alpha value is -0.530. The Labute approximate surface area is 71.6 Å². The van der Waals surface area contributed by atoms with Gasteiger partial charge in [0.05, 0.1) is 6.61 Å². The van der Waals surface area contributed by atoms with Gasteiger partial charge in [-0.15, -0.1) is 0 Å². The average Bonchev–Trinajstić information content (AvgIpc) is 2.04. The second-order valence-electron chi connectivity index (χ2n) is 2.42. The van der Waals surface area contributed by atoms with E-state index in [1.54, 1.807) is 6.07 Å². The van der Waals surface area contributed by atoms with Crippen LogP contribution in [0.3, 0.4) is 0 Å². The van der Waals surface area contributed by atoms with E-state index >= 15 is 0 Å². The van der Waals surface area contributed by atoms with Crippen molar-refractivity contribution in [2.75, 3.05) is 0 Å². The zero-order valence-corrected chi connectivity index (χ0v) is 7.23. The molecule has 1 N–H and O–H groups in total. The van der Waals surface area contributed by atoms with E-state index < -0.39 is 0 Å². The average molecular weight is 171 g/mol. The van der Waals surface area contributed by atoms with E-state index in [1.807, 2.05) is 19.1 Å². The molecular formula is C9H11ClO. The maximum absolute atomic E-state index is 8.90. The largest absolute Gasteiger partial charge is 0.392 e. The topological polar surface area (TPSA) is 20.2 Å². The number of hydrogen-bond donors (Lipinski definition) is 1. The van der Waals surface area contributed by atoms with Gasteiger partial charge >= 0.3 is 0 Å². The Kier molecular flexibility index (Phi) is 2.92. The molecule has 0 aromatic heterocycles. The van der Waals surface area contributed by atoms with Crippen LogP contribution < -0.4 is 0 Å². The maximum atomic E-state index is 8.90. The third-order valence-electron chi connectivity index (χ3n) is 1.72. The van der Waals surface area contributed by atoms with Crippen molar-refractivity contribution < 1.29 is 5.11 Å². The van der Waals surface area contributed by atoms with E-state index in [-0.39, 0.29) is 6.61 Å². The molecule has 0 bridgehead atoms. The molecule has 0 unspecified atom stereocenters. The quantitative estimate of drug-likeness (QED) is 0.723. The Balaban J connectivity index is 3.06. The zero-order valence-electron chi connectivity index (χ0n) is 6.47. The van der Waals surface area contributed by atoms with Crippen molar-refractivity contribution in [1.29, 1.82) is 0 Å². The predicted molar refractivity (Wildman–Crippen MR) is 46.8 cm³/mol. The van der Waals surface area contributed by atoms with Crippen LogP contribution in [-0.4, -0.2) is 5.11 Å². The van der Waals surface area contributed by atoms with E-state index in [1.165, 1.54) is 0 Å². The molecule has 60 valence electrons.